The van der Waals surface area contributed by atoms with Crippen LogP contribution in [0.3, 0.4) is 0 Å². The SMILES string of the molecule is O=C(CNC(=O)c1cccc(Cl)c1)NCCSc1ccc(Cl)cc1. The number of halogens is 2. The van der Waals surface area contributed by atoms with Crippen molar-refractivity contribution in [1.29, 1.82) is 0 Å². The molecule has 0 fully saturated rings. The fourth-order valence-corrected chi connectivity index (χ4v) is 2.93. The zero-order chi connectivity index (χ0) is 17.4. The molecule has 0 aliphatic carbocycles. The zero-order valence-electron chi connectivity index (χ0n) is 12.7. The Morgan fingerprint density at radius 3 is 2.42 bits per heavy atom. The summed E-state index contributed by atoms with van der Waals surface area (Å²) in [5.74, 6) is 0.167. The van der Waals surface area contributed by atoms with E-state index in [1.165, 1.54) is 0 Å². The molecule has 0 spiro atoms. The predicted octanol–water partition coefficient (Wildman–Crippen LogP) is 3.63. The average Bonchev–Trinajstić information content (AvgIpc) is 2.58. The van der Waals surface area contributed by atoms with Gasteiger partial charge in [-0.3, -0.25) is 9.59 Å². The maximum atomic E-state index is 11.9. The summed E-state index contributed by atoms with van der Waals surface area (Å²) in [6.07, 6.45) is 0. The van der Waals surface area contributed by atoms with Gasteiger partial charge in [0.1, 0.15) is 0 Å². The number of thioether (sulfide) groups is 1. The van der Waals surface area contributed by atoms with E-state index in [1.807, 2.05) is 24.3 Å². The van der Waals surface area contributed by atoms with E-state index in [4.69, 9.17) is 23.2 Å². The number of amides is 2. The molecular formula is C17H16Cl2N2O2S. The Morgan fingerprint density at radius 1 is 0.958 bits per heavy atom. The van der Waals surface area contributed by atoms with Crippen LogP contribution in [0.25, 0.3) is 0 Å². The maximum Gasteiger partial charge on any atom is 0.251 e. The lowest BCUT2D eigenvalue weighted by atomic mass is 10.2. The van der Waals surface area contributed by atoms with Gasteiger partial charge in [-0.05, 0) is 42.5 Å². The molecular weight excluding hydrogens is 367 g/mol. The maximum absolute atomic E-state index is 11.9. The van der Waals surface area contributed by atoms with Crippen LogP contribution < -0.4 is 10.6 Å². The molecule has 126 valence electrons. The number of hydrogen-bond donors (Lipinski definition) is 2. The lowest BCUT2D eigenvalue weighted by Crippen LogP contribution is -2.37. The molecule has 0 aliphatic heterocycles. The van der Waals surface area contributed by atoms with Crippen molar-refractivity contribution in [1.82, 2.24) is 10.6 Å². The van der Waals surface area contributed by atoms with Gasteiger partial charge >= 0.3 is 0 Å². The molecule has 0 unspecified atom stereocenters. The van der Waals surface area contributed by atoms with E-state index in [2.05, 4.69) is 10.6 Å². The van der Waals surface area contributed by atoms with Gasteiger partial charge in [-0.15, -0.1) is 11.8 Å². The van der Waals surface area contributed by atoms with Crippen molar-refractivity contribution in [2.24, 2.45) is 0 Å². The lowest BCUT2D eigenvalue weighted by molar-refractivity contribution is -0.120. The highest BCUT2D eigenvalue weighted by Crippen LogP contribution is 2.19. The highest BCUT2D eigenvalue weighted by atomic mass is 35.5. The van der Waals surface area contributed by atoms with Crippen molar-refractivity contribution in [2.45, 2.75) is 4.90 Å². The number of benzene rings is 2. The van der Waals surface area contributed by atoms with Gasteiger partial charge in [0, 0.05) is 32.8 Å². The quantitative estimate of drug-likeness (QED) is 0.567. The fraction of sp³-hybridized carbons (Fsp3) is 0.176. The molecule has 0 aliphatic rings. The smallest absolute Gasteiger partial charge is 0.251 e. The molecule has 0 saturated carbocycles. The summed E-state index contributed by atoms with van der Waals surface area (Å²) in [5, 5.41) is 6.49. The van der Waals surface area contributed by atoms with Crippen LogP contribution in [0.4, 0.5) is 0 Å². The van der Waals surface area contributed by atoms with E-state index in [0.29, 0.717) is 22.2 Å². The Morgan fingerprint density at radius 2 is 1.71 bits per heavy atom. The van der Waals surface area contributed by atoms with Crippen molar-refractivity contribution in [3.05, 3.63) is 64.1 Å². The first kappa shape index (κ1) is 18.6. The molecule has 4 nitrogen and oxygen atoms in total. The minimum atomic E-state index is -0.330. The molecule has 24 heavy (non-hydrogen) atoms. The molecule has 0 saturated heterocycles. The second-order valence-electron chi connectivity index (χ2n) is 4.85. The monoisotopic (exact) mass is 382 g/mol. The van der Waals surface area contributed by atoms with Gasteiger partial charge in [0.05, 0.1) is 6.54 Å². The summed E-state index contributed by atoms with van der Waals surface area (Å²) in [6.45, 7) is 0.441. The first-order valence-electron chi connectivity index (χ1n) is 7.23. The molecule has 2 aromatic carbocycles. The topological polar surface area (TPSA) is 58.2 Å². The second-order valence-corrected chi connectivity index (χ2v) is 6.89. The summed E-state index contributed by atoms with van der Waals surface area (Å²) in [4.78, 5) is 24.7. The van der Waals surface area contributed by atoms with Crippen molar-refractivity contribution in [3.8, 4) is 0 Å². The third-order valence-corrected chi connectivity index (χ3v) is 4.50. The third kappa shape index (κ3) is 6.43. The van der Waals surface area contributed by atoms with E-state index in [1.54, 1.807) is 36.0 Å². The van der Waals surface area contributed by atoms with E-state index in [9.17, 15) is 9.59 Å². The van der Waals surface area contributed by atoms with E-state index >= 15 is 0 Å². The van der Waals surface area contributed by atoms with Crippen LogP contribution in [-0.4, -0.2) is 30.7 Å². The number of nitrogens with one attached hydrogen (secondary N) is 2. The Labute approximate surface area is 154 Å². The standard InChI is InChI=1S/C17H16Cl2N2O2S/c18-13-4-6-15(7-5-13)24-9-8-20-16(22)11-21-17(23)12-2-1-3-14(19)10-12/h1-7,10H,8-9,11H2,(H,20,22)(H,21,23). The molecule has 2 aromatic rings. The molecule has 2 amide bonds. The van der Waals surface area contributed by atoms with Crippen LogP contribution in [0.15, 0.2) is 53.4 Å². The Kier molecular flexibility index (Phi) is 7.43. The predicted molar refractivity (Wildman–Crippen MR) is 99.0 cm³/mol. The van der Waals surface area contributed by atoms with E-state index in [-0.39, 0.29) is 18.4 Å². The highest BCUT2D eigenvalue weighted by molar-refractivity contribution is 7.99. The van der Waals surface area contributed by atoms with Gasteiger partial charge in [-0.1, -0.05) is 29.3 Å². The van der Waals surface area contributed by atoms with Gasteiger partial charge in [-0.25, -0.2) is 0 Å². The van der Waals surface area contributed by atoms with Crippen LogP contribution in [0.2, 0.25) is 10.0 Å². The van der Waals surface area contributed by atoms with E-state index < -0.39 is 0 Å². The first-order chi connectivity index (χ1) is 11.5. The van der Waals surface area contributed by atoms with Gasteiger partial charge < -0.3 is 10.6 Å². The molecule has 0 aromatic heterocycles. The van der Waals surface area contributed by atoms with Gasteiger partial charge in [0.15, 0.2) is 0 Å². The van der Waals surface area contributed by atoms with Crippen LogP contribution in [0.1, 0.15) is 10.4 Å². The number of carbonyl (C=O) groups is 2. The van der Waals surface area contributed by atoms with Crippen LogP contribution in [0, 0.1) is 0 Å². The third-order valence-electron chi connectivity index (χ3n) is 3.00. The van der Waals surface area contributed by atoms with Crippen molar-refractivity contribution >= 4 is 46.8 Å². The van der Waals surface area contributed by atoms with Crippen molar-refractivity contribution in [3.63, 3.8) is 0 Å². The van der Waals surface area contributed by atoms with Crippen molar-refractivity contribution < 1.29 is 9.59 Å². The normalized spacial score (nSPS) is 10.2. The summed E-state index contributed by atoms with van der Waals surface area (Å²) >= 11 is 13.3. The molecule has 0 radical (unpaired) electrons. The summed E-state index contributed by atoms with van der Waals surface area (Å²) < 4.78 is 0. The Bertz CT molecular complexity index is 708. The average molecular weight is 383 g/mol. The largest absolute Gasteiger partial charge is 0.354 e. The molecule has 2 N–H and O–H groups in total. The van der Waals surface area contributed by atoms with Crippen LogP contribution >= 0.6 is 35.0 Å². The van der Waals surface area contributed by atoms with Crippen LogP contribution in [-0.2, 0) is 4.79 Å². The first-order valence-corrected chi connectivity index (χ1v) is 8.97. The van der Waals surface area contributed by atoms with E-state index in [0.717, 1.165) is 10.6 Å². The number of carbonyl (C=O) groups excluding carboxylic acids is 2. The number of rotatable bonds is 7. The Balaban J connectivity index is 1.64. The van der Waals surface area contributed by atoms with Gasteiger partial charge in [0.2, 0.25) is 5.91 Å². The second kappa shape index (κ2) is 9.57. The highest BCUT2D eigenvalue weighted by Gasteiger charge is 2.08. The van der Waals surface area contributed by atoms with Gasteiger partial charge in [-0.2, -0.15) is 0 Å². The minimum Gasteiger partial charge on any atom is -0.354 e. The molecule has 7 heteroatoms. The molecule has 0 heterocycles. The fourth-order valence-electron chi connectivity index (χ4n) is 1.84. The van der Waals surface area contributed by atoms with Crippen LogP contribution in [0.5, 0.6) is 0 Å². The number of hydrogen-bond acceptors (Lipinski definition) is 3. The zero-order valence-corrected chi connectivity index (χ0v) is 15.0. The summed E-state index contributed by atoms with van der Waals surface area (Å²) in [5.41, 5.74) is 0.425. The lowest BCUT2D eigenvalue weighted by Gasteiger charge is -2.07. The van der Waals surface area contributed by atoms with Crippen molar-refractivity contribution in [2.75, 3.05) is 18.8 Å². The summed E-state index contributed by atoms with van der Waals surface area (Å²) in [7, 11) is 0. The molecule has 0 atom stereocenters. The Hall–Kier alpha value is -1.69. The summed E-state index contributed by atoms with van der Waals surface area (Å²) in [6, 6.07) is 14.1. The molecule has 0 bridgehead atoms. The van der Waals surface area contributed by atoms with Gasteiger partial charge in [0.25, 0.3) is 5.91 Å². The minimum absolute atomic E-state index is 0.0725. The molecule has 2 rings (SSSR count).